The maximum Gasteiger partial charge on any atom is 0.261 e. The van der Waals surface area contributed by atoms with Gasteiger partial charge in [0.1, 0.15) is 11.9 Å². The van der Waals surface area contributed by atoms with Crippen molar-refractivity contribution >= 4 is 33.2 Å². The first kappa shape index (κ1) is 29.8. The lowest BCUT2D eigenvalue weighted by molar-refractivity contribution is -0.134. The van der Waals surface area contributed by atoms with Crippen molar-refractivity contribution in [1.82, 2.24) is 14.8 Å². The number of hydrogen-bond donors (Lipinski definition) is 2. The van der Waals surface area contributed by atoms with Gasteiger partial charge in [-0.1, -0.05) is 18.5 Å². The van der Waals surface area contributed by atoms with Gasteiger partial charge in [0.25, 0.3) is 10.0 Å². The SMILES string of the molecule is C[C@H](CO)N1C[C@H](C)[C@H](CN(C)Cc2ccncc2)Oc2ccc(NS(=O)(=O)c3ccc(Cl)cc3)cc2CC1=O. The molecule has 0 saturated carbocycles. The van der Waals surface area contributed by atoms with Gasteiger partial charge >= 0.3 is 0 Å². The molecule has 2 heterocycles. The number of nitrogens with one attached hydrogen (secondary N) is 1. The summed E-state index contributed by atoms with van der Waals surface area (Å²) in [5.41, 5.74) is 2.00. The maximum absolute atomic E-state index is 13.4. The number of sulfonamides is 1. The Bertz CT molecular complexity index is 1410. The molecule has 0 saturated heterocycles. The highest BCUT2D eigenvalue weighted by Gasteiger charge is 2.31. The molecule has 1 amide bonds. The van der Waals surface area contributed by atoms with E-state index in [2.05, 4.69) is 14.6 Å². The zero-order chi connectivity index (χ0) is 28.9. The Balaban J connectivity index is 1.63. The second kappa shape index (κ2) is 13.0. The number of hydrogen-bond acceptors (Lipinski definition) is 7. The van der Waals surface area contributed by atoms with E-state index in [1.807, 2.05) is 33.0 Å². The number of benzene rings is 2. The summed E-state index contributed by atoms with van der Waals surface area (Å²) < 4.78 is 35.1. The molecule has 3 atom stereocenters. The first-order chi connectivity index (χ1) is 19.1. The predicted octanol–water partition coefficient (Wildman–Crippen LogP) is 3.82. The molecule has 4 rings (SSSR count). The van der Waals surface area contributed by atoms with Gasteiger partial charge in [-0.15, -0.1) is 0 Å². The number of anilines is 1. The largest absolute Gasteiger partial charge is 0.488 e. The molecule has 0 fully saturated rings. The van der Waals surface area contributed by atoms with Crippen LogP contribution in [0.1, 0.15) is 25.0 Å². The number of aliphatic hydroxyl groups is 1. The lowest BCUT2D eigenvalue weighted by atomic mass is 10.0. The molecule has 2 N–H and O–H groups in total. The van der Waals surface area contributed by atoms with Crippen molar-refractivity contribution < 1.29 is 23.1 Å². The van der Waals surface area contributed by atoms with Crippen LogP contribution in [0.2, 0.25) is 5.02 Å². The molecule has 3 aromatic rings. The van der Waals surface area contributed by atoms with Gasteiger partial charge in [-0.25, -0.2) is 8.42 Å². The van der Waals surface area contributed by atoms with Crippen molar-refractivity contribution in [2.45, 2.75) is 43.9 Å². The van der Waals surface area contributed by atoms with Gasteiger partial charge < -0.3 is 14.7 Å². The minimum Gasteiger partial charge on any atom is -0.488 e. The van der Waals surface area contributed by atoms with Gasteiger partial charge in [0, 0.05) is 54.2 Å². The number of carbonyl (C=O) groups excluding carboxylic acids is 1. The summed E-state index contributed by atoms with van der Waals surface area (Å²) in [6.07, 6.45) is 3.25. The van der Waals surface area contributed by atoms with Crippen molar-refractivity contribution in [2.75, 3.05) is 31.5 Å². The van der Waals surface area contributed by atoms with E-state index in [9.17, 15) is 18.3 Å². The van der Waals surface area contributed by atoms with Crippen LogP contribution in [0.3, 0.4) is 0 Å². The van der Waals surface area contributed by atoms with Gasteiger partial charge in [0.05, 0.1) is 24.0 Å². The molecule has 2 aromatic carbocycles. The fourth-order valence-electron chi connectivity index (χ4n) is 4.71. The number of carbonyl (C=O) groups is 1. The zero-order valence-corrected chi connectivity index (χ0v) is 24.4. The number of rotatable bonds is 9. The van der Waals surface area contributed by atoms with Crippen LogP contribution in [0.5, 0.6) is 5.75 Å². The number of aliphatic hydroxyl groups excluding tert-OH is 1. The molecule has 0 radical (unpaired) electrons. The summed E-state index contributed by atoms with van der Waals surface area (Å²) in [4.78, 5) is 21.4. The number of aromatic nitrogens is 1. The van der Waals surface area contributed by atoms with Crippen LogP contribution in [0.15, 0.2) is 71.9 Å². The highest BCUT2D eigenvalue weighted by Crippen LogP contribution is 2.30. The van der Waals surface area contributed by atoms with E-state index in [0.29, 0.717) is 41.7 Å². The molecular formula is C29H35ClN4O5S. The molecule has 1 aromatic heterocycles. The molecule has 1 aliphatic rings. The average Bonchev–Trinajstić information content (AvgIpc) is 2.96. The van der Waals surface area contributed by atoms with Crippen molar-refractivity contribution in [1.29, 1.82) is 0 Å². The third-order valence-electron chi connectivity index (χ3n) is 6.99. The summed E-state index contributed by atoms with van der Waals surface area (Å²) in [6.45, 7) is 5.38. The van der Waals surface area contributed by atoms with Gasteiger partial charge in [0.15, 0.2) is 0 Å². The smallest absolute Gasteiger partial charge is 0.261 e. The molecule has 0 unspecified atom stereocenters. The first-order valence-electron chi connectivity index (χ1n) is 13.1. The Hall–Kier alpha value is -3.18. The highest BCUT2D eigenvalue weighted by molar-refractivity contribution is 7.92. The Morgan fingerprint density at radius 2 is 1.88 bits per heavy atom. The Morgan fingerprint density at radius 3 is 2.55 bits per heavy atom. The van der Waals surface area contributed by atoms with Crippen molar-refractivity contribution in [2.24, 2.45) is 5.92 Å². The first-order valence-corrected chi connectivity index (χ1v) is 15.0. The average molecular weight is 587 g/mol. The third-order valence-corrected chi connectivity index (χ3v) is 8.64. The van der Waals surface area contributed by atoms with Crippen LogP contribution < -0.4 is 9.46 Å². The summed E-state index contributed by atoms with van der Waals surface area (Å²) in [5, 5.41) is 10.3. The summed E-state index contributed by atoms with van der Waals surface area (Å²) in [7, 11) is -1.86. The second-order valence-electron chi connectivity index (χ2n) is 10.3. The molecule has 11 heteroatoms. The zero-order valence-electron chi connectivity index (χ0n) is 22.8. The molecule has 1 aliphatic heterocycles. The van der Waals surface area contributed by atoms with E-state index in [4.69, 9.17) is 16.3 Å². The van der Waals surface area contributed by atoms with E-state index < -0.39 is 10.0 Å². The van der Waals surface area contributed by atoms with Crippen molar-refractivity contribution in [3.05, 3.63) is 83.1 Å². The van der Waals surface area contributed by atoms with E-state index in [1.165, 1.54) is 24.3 Å². The number of nitrogens with zero attached hydrogens (tertiary/aromatic N) is 3. The number of likely N-dealkylation sites (N-methyl/N-ethyl adjacent to an activating group) is 1. The maximum atomic E-state index is 13.4. The van der Waals surface area contributed by atoms with E-state index in [1.54, 1.807) is 35.5 Å². The summed E-state index contributed by atoms with van der Waals surface area (Å²) in [6, 6.07) is 14.4. The highest BCUT2D eigenvalue weighted by atomic mass is 35.5. The quantitative estimate of drug-likeness (QED) is 0.392. The van der Waals surface area contributed by atoms with E-state index in [-0.39, 0.29) is 41.9 Å². The van der Waals surface area contributed by atoms with Crippen LogP contribution in [-0.4, -0.2) is 73.1 Å². The van der Waals surface area contributed by atoms with Gasteiger partial charge in [-0.2, -0.15) is 0 Å². The number of ether oxygens (including phenoxy) is 1. The van der Waals surface area contributed by atoms with Crippen LogP contribution in [0.25, 0.3) is 0 Å². The molecule has 0 aliphatic carbocycles. The molecule has 0 bridgehead atoms. The van der Waals surface area contributed by atoms with Crippen molar-refractivity contribution in [3.8, 4) is 5.75 Å². The second-order valence-corrected chi connectivity index (χ2v) is 12.4. The molecular weight excluding hydrogens is 552 g/mol. The Kier molecular flexibility index (Phi) is 9.68. The van der Waals surface area contributed by atoms with E-state index >= 15 is 0 Å². The lowest BCUT2D eigenvalue weighted by Crippen LogP contribution is -2.47. The Morgan fingerprint density at radius 1 is 1.18 bits per heavy atom. The number of fused-ring (bicyclic) bond motifs is 1. The van der Waals surface area contributed by atoms with E-state index in [0.717, 1.165) is 5.56 Å². The standard InChI is InChI=1S/C29H35ClN4O5S/c1-20-16-34(21(2)19-35)29(36)15-23-14-25(32-40(37,38)26-7-4-24(30)5-8-26)6-9-27(23)39-28(20)18-33(3)17-22-10-12-31-13-11-22/h4-14,20-21,28,32,35H,15-19H2,1-3H3/t20-,21+,28-/m0/s1. The van der Waals surface area contributed by atoms with Crippen LogP contribution in [-0.2, 0) is 27.8 Å². The lowest BCUT2D eigenvalue weighted by Gasteiger charge is -2.34. The number of pyridine rings is 1. The minimum atomic E-state index is -3.88. The molecule has 9 nitrogen and oxygen atoms in total. The number of amides is 1. The molecule has 214 valence electrons. The predicted molar refractivity (Wildman–Crippen MR) is 155 cm³/mol. The van der Waals surface area contributed by atoms with Crippen LogP contribution in [0.4, 0.5) is 5.69 Å². The fourth-order valence-corrected chi connectivity index (χ4v) is 5.89. The third kappa shape index (κ3) is 7.51. The number of halogens is 1. The summed E-state index contributed by atoms with van der Waals surface area (Å²) in [5.74, 6) is 0.309. The minimum absolute atomic E-state index is 0.00246. The van der Waals surface area contributed by atoms with Crippen molar-refractivity contribution in [3.63, 3.8) is 0 Å². The van der Waals surface area contributed by atoms with Gasteiger partial charge in [0.2, 0.25) is 5.91 Å². The fraction of sp³-hybridized carbons (Fsp3) is 0.379. The summed E-state index contributed by atoms with van der Waals surface area (Å²) >= 11 is 5.91. The van der Waals surface area contributed by atoms with Crippen LogP contribution in [0, 0.1) is 5.92 Å². The topological polar surface area (TPSA) is 112 Å². The molecule has 40 heavy (non-hydrogen) atoms. The van der Waals surface area contributed by atoms with Gasteiger partial charge in [-0.05, 0) is 74.1 Å². The monoisotopic (exact) mass is 586 g/mol. The Labute approximate surface area is 240 Å². The molecule has 0 spiro atoms. The normalized spacial score (nSPS) is 18.8. The van der Waals surface area contributed by atoms with Crippen LogP contribution >= 0.6 is 11.6 Å². The van der Waals surface area contributed by atoms with Gasteiger partial charge in [-0.3, -0.25) is 19.4 Å².